The fraction of sp³-hybridized carbons (Fsp3) is 0.0833. The lowest BCUT2D eigenvalue weighted by Crippen LogP contribution is -2.29. The van der Waals surface area contributed by atoms with Crippen molar-refractivity contribution >= 4 is 27.5 Å². The first-order valence-electron chi connectivity index (χ1n) is 5.78. The molecule has 0 saturated heterocycles. The predicted molar refractivity (Wildman–Crippen MR) is 73.8 cm³/mol. The molecule has 8 nitrogen and oxygen atoms in total. The van der Waals surface area contributed by atoms with Gasteiger partial charge in [-0.3, -0.25) is 9.59 Å². The molecule has 2 rings (SSSR count). The third-order valence-corrected chi connectivity index (χ3v) is 4.17. The molecule has 1 aromatic carbocycles. The van der Waals surface area contributed by atoms with Crippen LogP contribution >= 0.6 is 0 Å². The number of carbonyl (C=O) groups excluding carboxylic acids is 2. The molecule has 21 heavy (non-hydrogen) atoms. The minimum Gasteiger partial charge on any atom is -0.361 e. The average molecular weight is 308 g/mol. The van der Waals surface area contributed by atoms with Gasteiger partial charge in [-0.05, 0) is 19.1 Å². The molecule has 0 saturated carbocycles. The van der Waals surface area contributed by atoms with Crippen LogP contribution in [0.25, 0.3) is 0 Å². The van der Waals surface area contributed by atoms with Gasteiger partial charge in [0, 0.05) is 0 Å². The van der Waals surface area contributed by atoms with Crippen LogP contribution in [0.2, 0.25) is 0 Å². The second-order valence-electron chi connectivity index (χ2n) is 4.24. The molecule has 110 valence electrons. The van der Waals surface area contributed by atoms with Gasteiger partial charge in [0.25, 0.3) is 10.0 Å². The lowest BCUT2D eigenvalue weighted by molar-refractivity contribution is -0.134. The van der Waals surface area contributed by atoms with E-state index in [1.54, 1.807) is 12.1 Å². The van der Waals surface area contributed by atoms with Gasteiger partial charge in [-0.2, -0.15) is 17.6 Å². The second-order valence-corrected chi connectivity index (χ2v) is 6.03. The summed E-state index contributed by atoms with van der Waals surface area (Å²) in [7, 11) is -3.85. The highest BCUT2D eigenvalue weighted by atomic mass is 32.2. The zero-order valence-corrected chi connectivity index (χ0v) is 11.8. The highest BCUT2D eigenvalue weighted by Crippen LogP contribution is 2.16. The van der Waals surface area contributed by atoms with Crippen molar-refractivity contribution in [1.29, 1.82) is 0 Å². The lowest BCUT2D eigenvalue weighted by atomic mass is 10.2. The molecule has 0 aliphatic rings. The number of benzene rings is 1. The number of rotatable bonds is 3. The molecule has 3 N–H and O–H groups in total. The van der Waals surface area contributed by atoms with Crippen molar-refractivity contribution in [1.82, 2.24) is 9.19 Å². The molecule has 0 spiro atoms. The van der Waals surface area contributed by atoms with Crippen LogP contribution in [0, 0.1) is 6.92 Å². The minimum atomic E-state index is -3.85. The molecule has 0 fully saturated rings. The van der Waals surface area contributed by atoms with Crippen molar-refractivity contribution in [3.05, 3.63) is 42.2 Å². The fourth-order valence-corrected chi connectivity index (χ4v) is 2.63. The first-order valence-corrected chi connectivity index (χ1v) is 7.22. The number of carbonyl (C=O) groups is 2. The standard InChI is InChI=1S/C12H12N4O4S/c1-8-2-4-10(5-3-8)21(19,20)16-7-9(6-14-16)15-12(18)11(13)17/h2-7H,1H3,(H2,13,17)(H,15,18). The van der Waals surface area contributed by atoms with E-state index < -0.39 is 21.8 Å². The van der Waals surface area contributed by atoms with Crippen molar-refractivity contribution in [3.63, 3.8) is 0 Å². The number of nitrogens with one attached hydrogen (secondary N) is 1. The highest BCUT2D eigenvalue weighted by Gasteiger charge is 2.19. The molecule has 0 aliphatic carbocycles. The van der Waals surface area contributed by atoms with Crippen LogP contribution in [0.15, 0.2) is 41.6 Å². The SMILES string of the molecule is Cc1ccc(S(=O)(=O)n2cc(NC(=O)C(N)=O)cn2)cc1. The Morgan fingerprint density at radius 3 is 2.43 bits per heavy atom. The summed E-state index contributed by atoms with van der Waals surface area (Å²) in [5.74, 6) is -2.23. The molecule has 0 bridgehead atoms. The number of aryl methyl sites for hydroxylation is 1. The van der Waals surface area contributed by atoms with E-state index in [1.165, 1.54) is 12.1 Å². The summed E-state index contributed by atoms with van der Waals surface area (Å²) >= 11 is 0. The normalized spacial score (nSPS) is 11.1. The summed E-state index contributed by atoms with van der Waals surface area (Å²) in [4.78, 5) is 21.8. The van der Waals surface area contributed by atoms with E-state index in [4.69, 9.17) is 5.73 Å². The molecule has 2 aromatic rings. The van der Waals surface area contributed by atoms with Gasteiger partial charge < -0.3 is 11.1 Å². The number of anilines is 1. The van der Waals surface area contributed by atoms with Crippen LogP contribution in [-0.2, 0) is 19.6 Å². The molecular weight excluding hydrogens is 296 g/mol. The molecule has 0 aliphatic heterocycles. The van der Waals surface area contributed by atoms with Gasteiger partial charge in [0.1, 0.15) is 0 Å². The smallest absolute Gasteiger partial charge is 0.313 e. The van der Waals surface area contributed by atoms with Gasteiger partial charge in [-0.15, -0.1) is 0 Å². The molecule has 0 atom stereocenters. The number of primary amides is 1. The number of nitrogens with two attached hydrogens (primary N) is 1. The zero-order chi connectivity index (χ0) is 15.6. The summed E-state index contributed by atoms with van der Waals surface area (Å²) in [6, 6.07) is 6.22. The Bertz CT molecular complexity index is 793. The van der Waals surface area contributed by atoms with E-state index in [9.17, 15) is 18.0 Å². The lowest BCUT2D eigenvalue weighted by Gasteiger charge is -2.04. The number of aromatic nitrogens is 2. The topological polar surface area (TPSA) is 124 Å². The summed E-state index contributed by atoms with van der Waals surface area (Å²) in [5, 5.41) is 5.79. The van der Waals surface area contributed by atoms with Gasteiger partial charge in [-0.25, -0.2) is 0 Å². The van der Waals surface area contributed by atoms with Gasteiger partial charge >= 0.3 is 11.8 Å². The van der Waals surface area contributed by atoms with E-state index in [2.05, 4.69) is 10.4 Å². The van der Waals surface area contributed by atoms with E-state index in [1.807, 2.05) is 6.92 Å². The Labute approximate surface area is 120 Å². The van der Waals surface area contributed by atoms with Crippen LogP contribution in [0.4, 0.5) is 5.69 Å². The maximum absolute atomic E-state index is 12.3. The molecule has 2 amide bonds. The minimum absolute atomic E-state index is 0.0505. The summed E-state index contributed by atoms with van der Waals surface area (Å²) in [6.07, 6.45) is 2.18. The number of hydrogen-bond donors (Lipinski definition) is 2. The van der Waals surface area contributed by atoms with Gasteiger partial charge in [0.05, 0.1) is 23.0 Å². The van der Waals surface area contributed by atoms with Crippen molar-refractivity contribution < 1.29 is 18.0 Å². The highest BCUT2D eigenvalue weighted by molar-refractivity contribution is 7.89. The summed E-state index contributed by atoms with van der Waals surface area (Å²) in [5.41, 5.74) is 5.76. The summed E-state index contributed by atoms with van der Waals surface area (Å²) < 4.78 is 25.3. The van der Waals surface area contributed by atoms with Crippen molar-refractivity contribution in [2.75, 3.05) is 5.32 Å². The Kier molecular flexibility index (Phi) is 3.76. The van der Waals surface area contributed by atoms with Crippen LogP contribution in [0.3, 0.4) is 0 Å². The van der Waals surface area contributed by atoms with Gasteiger partial charge in [0.2, 0.25) is 0 Å². The Morgan fingerprint density at radius 1 is 1.24 bits per heavy atom. The number of hydrogen-bond acceptors (Lipinski definition) is 5. The quantitative estimate of drug-likeness (QED) is 0.763. The van der Waals surface area contributed by atoms with Crippen molar-refractivity contribution in [3.8, 4) is 0 Å². The van der Waals surface area contributed by atoms with Crippen LogP contribution < -0.4 is 11.1 Å². The maximum atomic E-state index is 12.3. The van der Waals surface area contributed by atoms with E-state index in [0.29, 0.717) is 4.09 Å². The Morgan fingerprint density at radius 2 is 1.86 bits per heavy atom. The van der Waals surface area contributed by atoms with Gasteiger partial charge in [-0.1, -0.05) is 17.7 Å². The maximum Gasteiger partial charge on any atom is 0.313 e. The van der Waals surface area contributed by atoms with E-state index in [-0.39, 0.29) is 10.6 Å². The summed E-state index contributed by atoms with van der Waals surface area (Å²) in [6.45, 7) is 1.84. The number of amides is 2. The predicted octanol–water partition coefficient (Wildman–Crippen LogP) is -0.148. The zero-order valence-electron chi connectivity index (χ0n) is 11.0. The van der Waals surface area contributed by atoms with Crippen LogP contribution in [-0.4, -0.2) is 29.4 Å². The second kappa shape index (κ2) is 5.37. The van der Waals surface area contributed by atoms with E-state index in [0.717, 1.165) is 18.0 Å². The Balaban J connectivity index is 2.30. The van der Waals surface area contributed by atoms with Crippen LogP contribution in [0.5, 0.6) is 0 Å². The average Bonchev–Trinajstić information content (AvgIpc) is 2.88. The monoisotopic (exact) mass is 308 g/mol. The Hall–Kier alpha value is -2.68. The first-order chi connectivity index (χ1) is 9.80. The first kappa shape index (κ1) is 14.7. The van der Waals surface area contributed by atoms with Gasteiger partial charge in [0.15, 0.2) is 0 Å². The van der Waals surface area contributed by atoms with E-state index >= 15 is 0 Å². The van der Waals surface area contributed by atoms with Crippen LogP contribution in [0.1, 0.15) is 5.56 Å². The number of nitrogens with zero attached hydrogens (tertiary/aromatic N) is 2. The molecule has 0 radical (unpaired) electrons. The third kappa shape index (κ3) is 3.08. The molecule has 1 heterocycles. The largest absolute Gasteiger partial charge is 0.361 e. The molecule has 1 aromatic heterocycles. The van der Waals surface area contributed by atoms with Crippen molar-refractivity contribution in [2.24, 2.45) is 5.73 Å². The molecular formula is C12H12N4O4S. The molecule has 0 unspecified atom stereocenters. The third-order valence-electron chi connectivity index (χ3n) is 2.61. The fourth-order valence-electron chi connectivity index (χ4n) is 1.51. The van der Waals surface area contributed by atoms with Crippen molar-refractivity contribution in [2.45, 2.75) is 11.8 Å². The molecule has 9 heteroatoms.